The number of anilines is 1. The molecule has 2 rings (SSSR count). The summed E-state index contributed by atoms with van der Waals surface area (Å²) in [5, 5.41) is 2.61. The van der Waals surface area contributed by atoms with Crippen molar-refractivity contribution in [2.75, 3.05) is 5.32 Å². The predicted octanol–water partition coefficient (Wildman–Crippen LogP) is 3.16. The minimum atomic E-state index is -0.357. The number of nitrogens with one attached hydrogen (secondary N) is 1. The smallest absolute Gasteiger partial charge is 0.292 e. The van der Waals surface area contributed by atoms with Crippen LogP contribution in [-0.2, 0) is 0 Å². The zero-order valence-corrected chi connectivity index (χ0v) is 11.9. The SMILES string of the molecule is Cc1ccoc1C(=O)Nc1ncc(Br)nc1Br. The van der Waals surface area contributed by atoms with Crippen LogP contribution in [0.5, 0.6) is 0 Å². The molecule has 0 aliphatic heterocycles. The molecule has 7 heteroatoms. The van der Waals surface area contributed by atoms with Crippen LogP contribution in [0.3, 0.4) is 0 Å². The molecule has 17 heavy (non-hydrogen) atoms. The molecule has 0 spiro atoms. The van der Waals surface area contributed by atoms with Crippen LogP contribution in [0, 0.1) is 6.92 Å². The lowest BCUT2D eigenvalue weighted by atomic mass is 10.3. The number of amides is 1. The standard InChI is InChI=1S/C10H7Br2N3O2/c1-5-2-3-17-7(5)10(16)15-9-8(12)14-6(11)4-13-9/h2-4H,1H3,(H,13,15,16). The normalized spacial score (nSPS) is 10.3. The number of aryl methyl sites for hydroxylation is 1. The Bertz CT molecular complexity index is 568. The third-order valence-electron chi connectivity index (χ3n) is 2.00. The number of aromatic nitrogens is 2. The Morgan fingerprint density at radius 3 is 2.82 bits per heavy atom. The number of hydrogen-bond donors (Lipinski definition) is 1. The fourth-order valence-corrected chi connectivity index (χ4v) is 2.11. The van der Waals surface area contributed by atoms with Gasteiger partial charge in [0.05, 0.1) is 12.5 Å². The number of carbonyl (C=O) groups is 1. The van der Waals surface area contributed by atoms with Gasteiger partial charge in [-0.15, -0.1) is 0 Å². The molecule has 1 amide bonds. The molecule has 88 valence electrons. The van der Waals surface area contributed by atoms with E-state index in [9.17, 15) is 4.79 Å². The van der Waals surface area contributed by atoms with E-state index >= 15 is 0 Å². The van der Waals surface area contributed by atoms with Crippen molar-refractivity contribution in [3.05, 3.63) is 39.1 Å². The molecule has 0 unspecified atom stereocenters. The molecule has 0 aliphatic rings. The van der Waals surface area contributed by atoms with Crippen molar-refractivity contribution in [3.63, 3.8) is 0 Å². The summed E-state index contributed by atoms with van der Waals surface area (Å²) in [6.45, 7) is 1.79. The highest BCUT2D eigenvalue weighted by molar-refractivity contribution is 9.11. The first kappa shape index (κ1) is 12.3. The third-order valence-corrected chi connectivity index (χ3v) is 2.94. The average Bonchev–Trinajstić information content (AvgIpc) is 2.68. The summed E-state index contributed by atoms with van der Waals surface area (Å²) in [5.74, 6) is 0.250. The Hall–Kier alpha value is -1.21. The Morgan fingerprint density at radius 2 is 2.24 bits per heavy atom. The number of nitrogens with zero attached hydrogens (tertiary/aromatic N) is 2. The van der Waals surface area contributed by atoms with Gasteiger partial charge in [-0.3, -0.25) is 4.79 Å². The summed E-state index contributed by atoms with van der Waals surface area (Å²) in [7, 11) is 0. The van der Waals surface area contributed by atoms with Crippen molar-refractivity contribution in [3.8, 4) is 0 Å². The van der Waals surface area contributed by atoms with E-state index in [2.05, 4.69) is 47.1 Å². The van der Waals surface area contributed by atoms with Crippen LogP contribution in [0.2, 0.25) is 0 Å². The van der Waals surface area contributed by atoms with Crippen molar-refractivity contribution in [2.24, 2.45) is 0 Å². The molecule has 5 nitrogen and oxygen atoms in total. The van der Waals surface area contributed by atoms with Gasteiger partial charge >= 0.3 is 0 Å². The van der Waals surface area contributed by atoms with Gasteiger partial charge in [0.25, 0.3) is 5.91 Å². The van der Waals surface area contributed by atoms with Gasteiger partial charge in [-0.25, -0.2) is 9.97 Å². The van der Waals surface area contributed by atoms with Crippen LogP contribution in [0.4, 0.5) is 5.82 Å². The second-order valence-corrected chi connectivity index (χ2v) is 4.78. The van der Waals surface area contributed by atoms with Crippen molar-refractivity contribution in [1.82, 2.24) is 9.97 Å². The molecule has 0 radical (unpaired) electrons. The largest absolute Gasteiger partial charge is 0.459 e. The van der Waals surface area contributed by atoms with Crippen molar-refractivity contribution in [2.45, 2.75) is 6.92 Å². The molecule has 0 aromatic carbocycles. The summed E-state index contributed by atoms with van der Waals surface area (Å²) in [6.07, 6.45) is 2.96. The Kier molecular flexibility index (Phi) is 3.58. The molecular formula is C10H7Br2N3O2. The van der Waals surface area contributed by atoms with E-state index in [0.717, 1.165) is 5.56 Å². The molecule has 0 aliphatic carbocycles. The van der Waals surface area contributed by atoms with Crippen LogP contribution in [-0.4, -0.2) is 15.9 Å². The predicted molar refractivity (Wildman–Crippen MR) is 68.8 cm³/mol. The summed E-state index contributed by atoms with van der Waals surface area (Å²) in [4.78, 5) is 19.9. The zero-order chi connectivity index (χ0) is 12.4. The fraction of sp³-hybridized carbons (Fsp3) is 0.100. The maximum atomic E-state index is 11.8. The lowest BCUT2D eigenvalue weighted by Gasteiger charge is -2.04. The van der Waals surface area contributed by atoms with E-state index in [0.29, 0.717) is 15.0 Å². The van der Waals surface area contributed by atoms with Gasteiger partial charge in [0.1, 0.15) is 9.21 Å². The summed E-state index contributed by atoms with van der Waals surface area (Å²) in [6, 6.07) is 1.72. The fourth-order valence-electron chi connectivity index (χ4n) is 1.20. The second-order valence-electron chi connectivity index (χ2n) is 3.22. The van der Waals surface area contributed by atoms with Crippen LogP contribution in [0.1, 0.15) is 16.1 Å². The van der Waals surface area contributed by atoms with Crippen LogP contribution < -0.4 is 5.32 Å². The van der Waals surface area contributed by atoms with E-state index < -0.39 is 0 Å². The van der Waals surface area contributed by atoms with Gasteiger partial charge in [-0.05, 0) is 44.8 Å². The van der Waals surface area contributed by atoms with Crippen LogP contribution >= 0.6 is 31.9 Å². The molecule has 0 fully saturated rings. The number of rotatable bonds is 2. The highest BCUT2D eigenvalue weighted by Gasteiger charge is 2.15. The van der Waals surface area contributed by atoms with Gasteiger partial charge in [0.15, 0.2) is 11.6 Å². The quantitative estimate of drug-likeness (QED) is 0.893. The van der Waals surface area contributed by atoms with E-state index in [4.69, 9.17) is 4.42 Å². The Morgan fingerprint density at radius 1 is 1.47 bits per heavy atom. The highest BCUT2D eigenvalue weighted by atomic mass is 79.9. The monoisotopic (exact) mass is 359 g/mol. The Labute approximate surface area is 114 Å². The molecule has 0 saturated heterocycles. The lowest BCUT2D eigenvalue weighted by molar-refractivity contribution is 0.0995. The third kappa shape index (κ3) is 2.73. The van der Waals surface area contributed by atoms with Crippen molar-refractivity contribution >= 4 is 43.6 Å². The first-order valence-electron chi connectivity index (χ1n) is 4.61. The first-order chi connectivity index (χ1) is 8.08. The van der Waals surface area contributed by atoms with Gasteiger partial charge < -0.3 is 9.73 Å². The maximum absolute atomic E-state index is 11.8. The number of furan rings is 1. The van der Waals surface area contributed by atoms with Crippen LogP contribution in [0.15, 0.2) is 32.1 Å². The van der Waals surface area contributed by atoms with E-state index in [1.54, 1.807) is 13.0 Å². The molecule has 2 heterocycles. The maximum Gasteiger partial charge on any atom is 0.292 e. The minimum Gasteiger partial charge on any atom is -0.459 e. The van der Waals surface area contributed by atoms with Gasteiger partial charge in [0, 0.05) is 5.56 Å². The number of hydrogen-bond acceptors (Lipinski definition) is 4. The molecule has 0 atom stereocenters. The molecule has 0 saturated carbocycles. The van der Waals surface area contributed by atoms with E-state index in [1.807, 2.05) is 0 Å². The summed E-state index contributed by atoms with van der Waals surface area (Å²) in [5.41, 5.74) is 0.767. The summed E-state index contributed by atoms with van der Waals surface area (Å²) < 4.78 is 6.11. The summed E-state index contributed by atoms with van der Waals surface area (Å²) >= 11 is 6.39. The van der Waals surface area contributed by atoms with Gasteiger partial charge in [0.2, 0.25) is 0 Å². The second kappa shape index (κ2) is 4.97. The minimum absolute atomic E-state index is 0.265. The zero-order valence-electron chi connectivity index (χ0n) is 8.70. The van der Waals surface area contributed by atoms with Gasteiger partial charge in [-0.2, -0.15) is 0 Å². The van der Waals surface area contributed by atoms with Crippen molar-refractivity contribution < 1.29 is 9.21 Å². The highest BCUT2D eigenvalue weighted by Crippen LogP contribution is 2.20. The van der Waals surface area contributed by atoms with E-state index in [-0.39, 0.29) is 11.7 Å². The van der Waals surface area contributed by atoms with Crippen LogP contribution in [0.25, 0.3) is 0 Å². The molecule has 1 N–H and O–H groups in total. The van der Waals surface area contributed by atoms with Gasteiger partial charge in [-0.1, -0.05) is 0 Å². The molecular weight excluding hydrogens is 354 g/mol. The Balaban J connectivity index is 2.22. The average molecular weight is 361 g/mol. The first-order valence-corrected chi connectivity index (χ1v) is 6.20. The number of halogens is 2. The topological polar surface area (TPSA) is 68.0 Å². The van der Waals surface area contributed by atoms with Crippen molar-refractivity contribution in [1.29, 1.82) is 0 Å². The van der Waals surface area contributed by atoms with E-state index in [1.165, 1.54) is 12.5 Å². The lowest BCUT2D eigenvalue weighted by Crippen LogP contribution is -2.14. The molecule has 2 aromatic heterocycles. The number of carbonyl (C=O) groups excluding carboxylic acids is 1. The molecule has 2 aromatic rings. The molecule has 0 bridgehead atoms.